The molecule has 0 saturated carbocycles. The van der Waals surface area contributed by atoms with Gasteiger partial charge in [-0.2, -0.15) is 0 Å². The van der Waals surface area contributed by atoms with Crippen LogP contribution in [-0.4, -0.2) is 2.74 Å². The fraction of sp³-hybridized carbons (Fsp3) is 0.0476. The second kappa shape index (κ2) is 5.40. The standard InChI is InChI=1S/C21H12S4/c1-2-6-14-10-18-17(9-13(14)5-1)22-21(23-18)24-19-11-15-7-3-4-8-16(15)12-20(19)25-21/h1-12H. The Labute approximate surface area is 163 Å². The molecule has 4 aromatic carbocycles. The van der Waals surface area contributed by atoms with Crippen LogP contribution in [0.15, 0.2) is 92.4 Å². The lowest BCUT2D eigenvalue weighted by atomic mass is 10.1. The highest BCUT2D eigenvalue weighted by atomic mass is 32.3. The monoisotopic (exact) mass is 392 g/mol. The van der Waals surface area contributed by atoms with Crippen LogP contribution in [0.2, 0.25) is 0 Å². The average molecular weight is 393 g/mol. The molecule has 25 heavy (non-hydrogen) atoms. The molecule has 0 bridgehead atoms. The first kappa shape index (κ1) is 14.9. The zero-order valence-electron chi connectivity index (χ0n) is 13.1. The maximum absolute atomic E-state index is 2.36. The minimum atomic E-state index is 0.0828. The topological polar surface area (TPSA) is 0 Å². The lowest BCUT2D eigenvalue weighted by Gasteiger charge is -2.17. The summed E-state index contributed by atoms with van der Waals surface area (Å²) in [6, 6.07) is 26.8. The lowest BCUT2D eigenvalue weighted by molar-refractivity contribution is 1.30. The number of hydrogen-bond donors (Lipinski definition) is 0. The SMILES string of the molecule is c1ccc2cc3c(cc2c1)SC1(S3)Sc2cc3ccccc3cc2S1. The number of thioether (sulfide) groups is 4. The first-order chi connectivity index (χ1) is 12.3. The van der Waals surface area contributed by atoms with E-state index in [4.69, 9.17) is 0 Å². The summed E-state index contributed by atoms with van der Waals surface area (Å²) in [5.41, 5.74) is 0. The van der Waals surface area contributed by atoms with Crippen LogP contribution >= 0.6 is 47.0 Å². The molecular formula is C21H12S4. The van der Waals surface area contributed by atoms with Crippen molar-refractivity contribution in [3.63, 3.8) is 0 Å². The van der Waals surface area contributed by atoms with E-state index in [1.54, 1.807) is 0 Å². The molecule has 0 amide bonds. The van der Waals surface area contributed by atoms with E-state index in [0.717, 1.165) is 0 Å². The highest BCUT2D eigenvalue weighted by Crippen LogP contribution is 2.74. The Morgan fingerprint density at radius 2 is 0.720 bits per heavy atom. The summed E-state index contributed by atoms with van der Waals surface area (Å²) in [7, 11) is 0. The van der Waals surface area contributed by atoms with Crippen molar-refractivity contribution in [2.45, 2.75) is 22.3 Å². The maximum Gasteiger partial charge on any atom is 0.171 e. The lowest BCUT2D eigenvalue weighted by Crippen LogP contribution is -1.98. The molecule has 6 rings (SSSR count). The molecule has 4 aromatic rings. The maximum atomic E-state index is 2.36. The molecule has 0 nitrogen and oxygen atoms in total. The van der Waals surface area contributed by atoms with Gasteiger partial charge in [0.2, 0.25) is 0 Å². The van der Waals surface area contributed by atoms with Gasteiger partial charge in [-0.05, 0) is 45.8 Å². The Bertz CT molecular complexity index is 979. The molecule has 0 aliphatic carbocycles. The minimum absolute atomic E-state index is 0.0828. The van der Waals surface area contributed by atoms with Crippen molar-refractivity contribution >= 4 is 68.6 Å². The van der Waals surface area contributed by atoms with E-state index in [1.165, 1.54) is 41.1 Å². The van der Waals surface area contributed by atoms with Gasteiger partial charge in [0, 0.05) is 19.6 Å². The van der Waals surface area contributed by atoms with Crippen LogP contribution in [0.25, 0.3) is 21.5 Å². The quantitative estimate of drug-likeness (QED) is 0.300. The van der Waals surface area contributed by atoms with Crippen LogP contribution in [0, 0.1) is 0 Å². The van der Waals surface area contributed by atoms with Gasteiger partial charge in [0.1, 0.15) is 0 Å². The number of rotatable bonds is 0. The third-order valence-corrected chi connectivity index (χ3v) is 11.1. The summed E-state index contributed by atoms with van der Waals surface area (Å²) in [4.78, 5) is 5.67. The Hall–Kier alpha value is -1.20. The van der Waals surface area contributed by atoms with Crippen molar-refractivity contribution in [2.75, 3.05) is 0 Å². The van der Waals surface area contributed by atoms with E-state index in [0.29, 0.717) is 0 Å². The number of benzene rings is 4. The van der Waals surface area contributed by atoms with E-state index >= 15 is 0 Å². The van der Waals surface area contributed by atoms with Crippen molar-refractivity contribution in [1.29, 1.82) is 0 Å². The molecule has 2 aliphatic rings. The summed E-state index contributed by atoms with van der Waals surface area (Å²) >= 11 is 8.05. The minimum Gasteiger partial charge on any atom is -0.0842 e. The Kier molecular flexibility index (Phi) is 3.22. The summed E-state index contributed by atoms with van der Waals surface area (Å²) in [5.74, 6) is 0. The van der Waals surface area contributed by atoms with Gasteiger partial charge >= 0.3 is 0 Å². The van der Waals surface area contributed by atoms with E-state index in [1.807, 2.05) is 47.0 Å². The van der Waals surface area contributed by atoms with Gasteiger partial charge in [-0.1, -0.05) is 95.6 Å². The van der Waals surface area contributed by atoms with Gasteiger partial charge in [-0.3, -0.25) is 0 Å². The van der Waals surface area contributed by atoms with Crippen molar-refractivity contribution < 1.29 is 0 Å². The van der Waals surface area contributed by atoms with E-state index in [9.17, 15) is 0 Å². The average Bonchev–Trinajstić information content (AvgIpc) is 3.14. The molecule has 1 spiro atoms. The highest BCUT2D eigenvalue weighted by molar-refractivity contribution is 8.50. The zero-order valence-corrected chi connectivity index (χ0v) is 16.3. The molecular weight excluding hydrogens is 380 g/mol. The molecule has 0 unspecified atom stereocenters. The second-order valence-corrected chi connectivity index (χ2v) is 12.8. The molecule has 2 heterocycles. The third-order valence-electron chi connectivity index (χ3n) is 4.56. The van der Waals surface area contributed by atoms with Gasteiger partial charge in [-0.15, -0.1) is 0 Å². The highest BCUT2D eigenvalue weighted by Gasteiger charge is 2.46. The van der Waals surface area contributed by atoms with Gasteiger partial charge < -0.3 is 0 Å². The van der Waals surface area contributed by atoms with Crippen LogP contribution in [0.1, 0.15) is 0 Å². The summed E-state index contributed by atoms with van der Waals surface area (Å²) < 4.78 is 0.0828. The van der Waals surface area contributed by atoms with Gasteiger partial charge in [0.05, 0.1) is 0 Å². The molecule has 2 aliphatic heterocycles. The molecule has 4 heteroatoms. The molecule has 0 N–H and O–H groups in total. The van der Waals surface area contributed by atoms with Crippen LogP contribution in [0.4, 0.5) is 0 Å². The summed E-state index contributed by atoms with van der Waals surface area (Å²) in [6.45, 7) is 0. The normalized spacial score (nSPS) is 17.3. The molecule has 0 aromatic heterocycles. The second-order valence-electron chi connectivity index (χ2n) is 6.20. The van der Waals surface area contributed by atoms with Crippen molar-refractivity contribution in [3.05, 3.63) is 72.8 Å². The summed E-state index contributed by atoms with van der Waals surface area (Å²) in [6.07, 6.45) is 0. The van der Waals surface area contributed by atoms with Gasteiger partial charge in [-0.25, -0.2) is 0 Å². The van der Waals surface area contributed by atoms with Crippen LogP contribution in [0.3, 0.4) is 0 Å². The van der Waals surface area contributed by atoms with E-state index in [2.05, 4.69) is 72.8 Å². The predicted octanol–water partition coefficient (Wildman–Crippen LogP) is 7.70. The van der Waals surface area contributed by atoms with E-state index in [-0.39, 0.29) is 2.74 Å². The smallest absolute Gasteiger partial charge is 0.0842 e. The summed E-state index contributed by atoms with van der Waals surface area (Å²) in [5, 5.41) is 5.34. The molecule has 0 fully saturated rings. The van der Waals surface area contributed by atoms with Crippen molar-refractivity contribution in [3.8, 4) is 0 Å². The van der Waals surface area contributed by atoms with Crippen LogP contribution < -0.4 is 0 Å². The predicted molar refractivity (Wildman–Crippen MR) is 114 cm³/mol. The first-order valence-corrected chi connectivity index (χ1v) is 11.4. The Morgan fingerprint density at radius 1 is 0.440 bits per heavy atom. The molecule has 0 saturated heterocycles. The zero-order chi connectivity index (χ0) is 16.4. The van der Waals surface area contributed by atoms with Crippen molar-refractivity contribution in [1.82, 2.24) is 0 Å². The first-order valence-electron chi connectivity index (χ1n) is 8.10. The Balaban J connectivity index is 1.43. The van der Waals surface area contributed by atoms with Gasteiger partial charge in [0.25, 0.3) is 0 Å². The van der Waals surface area contributed by atoms with Crippen LogP contribution in [-0.2, 0) is 0 Å². The molecule has 0 radical (unpaired) electrons. The van der Waals surface area contributed by atoms with Crippen molar-refractivity contribution in [2.24, 2.45) is 0 Å². The Morgan fingerprint density at radius 3 is 1.00 bits per heavy atom. The fourth-order valence-electron chi connectivity index (χ4n) is 3.38. The third kappa shape index (κ3) is 2.35. The van der Waals surface area contributed by atoms with E-state index < -0.39 is 0 Å². The largest absolute Gasteiger partial charge is 0.171 e. The molecule has 0 atom stereocenters. The fourth-order valence-corrected chi connectivity index (χ4v) is 10.6. The number of fused-ring (bicyclic) bond motifs is 4. The number of hydrogen-bond acceptors (Lipinski definition) is 4. The van der Waals surface area contributed by atoms with Crippen LogP contribution in [0.5, 0.6) is 0 Å². The molecule has 120 valence electrons. The van der Waals surface area contributed by atoms with Gasteiger partial charge in [0.15, 0.2) is 2.74 Å².